The maximum Gasteiger partial charge on any atom is 0.175 e. The number of hydrogen-bond donors (Lipinski definition) is 1. The number of ether oxygens (including phenoxy) is 2. The van der Waals surface area contributed by atoms with Crippen molar-refractivity contribution in [2.24, 2.45) is 23.7 Å². The fraction of sp³-hybridized carbons (Fsp3) is 0.520. The van der Waals surface area contributed by atoms with Crippen LogP contribution >= 0.6 is 27.5 Å². The molecule has 0 aromatic heterocycles. The van der Waals surface area contributed by atoms with Crippen LogP contribution in [0.3, 0.4) is 0 Å². The summed E-state index contributed by atoms with van der Waals surface area (Å²) in [6.45, 7) is 1.06. The lowest BCUT2D eigenvalue weighted by atomic mass is 9.54. The van der Waals surface area contributed by atoms with Gasteiger partial charge in [-0.25, -0.2) is 4.39 Å². The Morgan fingerprint density at radius 2 is 1.77 bits per heavy atom. The fourth-order valence-electron chi connectivity index (χ4n) is 6.30. The van der Waals surface area contributed by atoms with Crippen LogP contribution < -0.4 is 14.8 Å². The van der Waals surface area contributed by atoms with Crippen LogP contribution in [0.1, 0.15) is 43.2 Å². The van der Waals surface area contributed by atoms with Gasteiger partial charge >= 0.3 is 0 Å². The predicted molar refractivity (Wildman–Crippen MR) is 124 cm³/mol. The van der Waals surface area contributed by atoms with E-state index in [0.29, 0.717) is 22.6 Å². The first-order chi connectivity index (χ1) is 15.0. The van der Waals surface area contributed by atoms with Gasteiger partial charge in [0.1, 0.15) is 12.4 Å². The monoisotopic (exact) mass is 507 g/mol. The molecule has 2 aromatic rings. The SMILES string of the molecule is COc1cc(CNC2C3CC4CC(C3)CC2C4)cc(Br)c1OCc1ccc(F)cc1Cl. The third kappa shape index (κ3) is 4.46. The highest BCUT2D eigenvalue weighted by molar-refractivity contribution is 9.10. The number of benzene rings is 2. The molecule has 4 bridgehead atoms. The Hall–Kier alpha value is -1.30. The number of halogens is 3. The van der Waals surface area contributed by atoms with Crippen LogP contribution in [0.5, 0.6) is 11.5 Å². The molecule has 6 rings (SSSR count). The highest BCUT2D eigenvalue weighted by atomic mass is 79.9. The summed E-state index contributed by atoms with van der Waals surface area (Å²) in [6, 6.07) is 9.10. The van der Waals surface area contributed by atoms with E-state index in [1.54, 1.807) is 13.2 Å². The zero-order chi connectivity index (χ0) is 21.5. The van der Waals surface area contributed by atoms with Gasteiger partial charge in [0.05, 0.1) is 16.6 Å². The summed E-state index contributed by atoms with van der Waals surface area (Å²) in [7, 11) is 1.65. The molecule has 4 aliphatic carbocycles. The van der Waals surface area contributed by atoms with Crippen LogP contribution in [0, 0.1) is 29.5 Å². The van der Waals surface area contributed by atoms with Crippen LogP contribution in [0.25, 0.3) is 0 Å². The molecular weight excluding hydrogens is 481 g/mol. The summed E-state index contributed by atoms with van der Waals surface area (Å²) in [5, 5.41) is 4.23. The molecule has 0 heterocycles. The van der Waals surface area contributed by atoms with E-state index in [9.17, 15) is 4.39 Å². The van der Waals surface area contributed by atoms with Crippen molar-refractivity contribution in [1.29, 1.82) is 0 Å². The number of nitrogens with one attached hydrogen (secondary N) is 1. The van der Waals surface area contributed by atoms with Gasteiger partial charge in [-0.15, -0.1) is 0 Å². The van der Waals surface area contributed by atoms with Crippen LogP contribution in [0.15, 0.2) is 34.8 Å². The summed E-state index contributed by atoms with van der Waals surface area (Å²) in [6.07, 6.45) is 7.13. The minimum absolute atomic E-state index is 0.236. The molecule has 0 amide bonds. The van der Waals surface area contributed by atoms with Gasteiger partial charge in [-0.2, -0.15) is 0 Å². The minimum atomic E-state index is -0.358. The quantitative estimate of drug-likeness (QED) is 0.449. The van der Waals surface area contributed by atoms with E-state index < -0.39 is 0 Å². The standard InChI is InChI=1S/C25H28BrClFNO2/c1-30-23-10-16(12-29-24-18-5-14-4-15(7-18)8-19(24)6-14)9-21(26)25(23)31-13-17-2-3-20(28)11-22(17)27/h2-3,9-11,14-15,18-19,24,29H,4-8,12-13H2,1H3. The molecule has 166 valence electrons. The zero-order valence-corrected chi connectivity index (χ0v) is 20.0. The average molecular weight is 509 g/mol. The highest BCUT2D eigenvalue weighted by Gasteiger charge is 2.47. The van der Waals surface area contributed by atoms with Crippen molar-refractivity contribution in [3.05, 3.63) is 56.8 Å². The van der Waals surface area contributed by atoms with Crippen molar-refractivity contribution in [3.8, 4) is 11.5 Å². The predicted octanol–water partition coefficient (Wildman–Crippen LogP) is 6.74. The average Bonchev–Trinajstić information content (AvgIpc) is 2.72. The molecule has 0 unspecified atom stereocenters. The molecule has 4 aliphatic rings. The Balaban J connectivity index is 1.26. The second kappa shape index (κ2) is 8.92. The summed E-state index contributed by atoms with van der Waals surface area (Å²) in [5.74, 6) is 4.62. The molecule has 31 heavy (non-hydrogen) atoms. The molecule has 0 atom stereocenters. The molecule has 3 nitrogen and oxygen atoms in total. The van der Waals surface area contributed by atoms with Crippen molar-refractivity contribution in [2.45, 2.75) is 51.3 Å². The molecule has 4 saturated carbocycles. The third-order valence-corrected chi connectivity index (χ3v) is 8.39. The van der Waals surface area contributed by atoms with Gasteiger partial charge in [0, 0.05) is 18.2 Å². The number of hydrogen-bond acceptors (Lipinski definition) is 3. The van der Waals surface area contributed by atoms with Crippen molar-refractivity contribution >= 4 is 27.5 Å². The molecule has 0 radical (unpaired) electrons. The van der Waals surface area contributed by atoms with E-state index in [1.807, 2.05) is 6.07 Å². The van der Waals surface area contributed by atoms with Crippen LogP contribution in [-0.2, 0) is 13.2 Å². The van der Waals surface area contributed by atoms with Gasteiger partial charge in [-0.3, -0.25) is 0 Å². The third-order valence-electron chi connectivity index (χ3n) is 7.44. The maximum atomic E-state index is 13.3. The van der Waals surface area contributed by atoms with Gasteiger partial charge in [-0.1, -0.05) is 17.7 Å². The first-order valence-electron chi connectivity index (χ1n) is 11.2. The van der Waals surface area contributed by atoms with Gasteiger partial charge in [-0.05, 0) is 102 Å². The summed E-state index contributed by atoms with van der Waals surface area (Å²) < 4.78 is 25.7. The second-order valence-corrected chi connectivity index (χ2v) is 10.7. The van der Waals surface area contributed by atoms with Crippen molar-refractivity contribution in [1.82, 2.24) is 5.32 Å². The van der Waals surface area contributed by atoms with Gasteiger partial charge in [0.25, 0.3) is 0 Å². The minimum Gasteiger partial charge on any atom is -0.493 e. The Morgan fingerprint density at radius 3 is 2.42 bits per heavy atom. The van der Waals surface area contributed by atoms with Crippen molar-refractivity contribution in [3.63, 3.8) is 0 Å². The van der Waals surface area contributed by atoms with Gasteiger partial charge < -0.3 is 14.8 Å². The van der Waals surface area contributed by atoms with E-state index in [4.69, 9.17) is 21.1 Å². The normalized spacial score (nSPS) is 28.7. The first kappa shape index (κ1) is 21.5. The molecule has 0 saturated heterocycles. The summed E-state index contributed by atoms with van der Waals surface area (Å²) >= 11 is 9.78. The largest absolute Gasteiger partial charge is 0.493 e. The van der Waals surface area contributed by atoms with E-state index >= 15 is 0 Å². The Morgan fingerprint density at radius 1 is 1.06 bits per heavy atom. The van der Waals surface area contributed by atoms with Crippen LogP contribution in [-0.4, -0.2) is 13.2 Å². The zero-order valence-electron chi connectivity index (χ0n) is 17.7. The number of methoxy groups -OCH3 is 1. The molecular formula is C25H28BrClFNO2. The first-order valence-corrected chi connectivity index (χ1v) is 12.3. The molecule has 2 aromatic carbocycles. The topological polar surface area (TPSA) is 30.5 Å². The molecule has 6 heteroatoms. The second-order valence-electron chi connectivity index (χ2n) is 9.47. The highest BCUT2D eigenvalue weighted by Crippen LogP contribution is 2.53. The summed E-state index contributed by atoms with van der Waals surface area (Å²) in [4.78, 5) is 0. The molecule has 0 spiro atoms. The molecule has 1 N–H and O–H groups in total. The lowest BCUT2D eigenvalue weighted by molar-refractivity contribution is -0.0142. The van der Waals surface area contributed by atoms with Gasteiger partial charge in [0.2, 0.25) is 0 Å². The lowest BCUT2D eigenvalue weighted by Gasteiger charge is -2.54. The van der Waals surface area contributed by atoms with E-state index in [1.165, 1.54) is 49.8 Å². The van der Waals surface area contributed by atoms with E-state index in [2.05, 4.69) is 27.3 Å². The van der Waals surface area contributed by atoms with Gasteiger partial charge in [0.15, 0.2) is 11.5 Å². The van der Waals surface area contributed by atoms with E-state index in [0.717, 1.165) is 40.3 Å². The lowest BCUT2D eigenvalue weighted by Crippen LogP contribution is -2.54. The number of rotatable bonds is 7. The molecule has 4 fully saturated rings. The fourth-order valence-corrected chi connectivity index (χ4v) is 7.12. The Labute approximate surface area is 196 Å². The molecule has 0 aliphatic heterocycles. The van der Waals surface area contributed by atoms with Crippen LogP contribution in [0.4, 0.5) is 4.39 Å². The smallest absolute Gasteiger partial charge is 0.175 e. The van der Waals surface area contributed by atoms with Crippen LogP contribution in [0.2, 0.25) is 5.02 Å². The summed E-state index contributed by atoms with van der Waals surface area (Å²) in [5.41, 5.74) is 1.90. The van der Waals surface area contributed by atoms with Crippen molar-refractivity contribution in [2.75, 3.05) is 7.11 Å². The van der Waals surface area contributed by atoms with E-state index in [-0.39, 0.29) is 12.4 Å². The Bertz CT molecular complexity index is 941. The Kier molecular flexibility index (Phi) is 6.19. The maximum absolute atomic E-state index is 13.3. The van der Waals surface area contributed by atoms with Crippen molar-refractivity contribution < 1.29 is 13.9 Å².